The van der Waals surface area contributed by atoms with Gasteiger partial charge in [0.2, 0.25) is 5.89 Å². The molecule has 1 aliphatic rings. The molecule has 4 rings (SSSR count). The molecule has 1 fully saturated rings. The Morgan fingerprint density at radius 3 is 3.00 bits per heavy atom. The van der Waals surface area contributed by atoms with Crippen LogP contribution in [0.4, 0.5) is 0 Å². The van der Waals surface area contributed by atoms with Gasteiger partial charge in [-0.05, 0) is 43.3 Å². The summed E-state index contributed by atoms with van der Waals surface area (Å²) in [7, 11) is 0. The second kappa shape index (κ2) is 7.92. The number of carbonyl (C=O) groups excluding carboxylic acids is 1. The number of hydrogen-bond acceptors (Lipinski definition) is 6. The number of ether oxygens (including phenoxy) is 1. The Morgan fingerprint density at radius 2 is 2.19 bits per heavy atom. The Bertz CT molecular complexity index is 907. The maximum Gasteiger partial charge on any atom is 0.257 e. The lowest BCUT2D eigenvalue weighted by Crippen LogP contribution is -2.39. The molecule has 27 heavy (non-hydrogen) atoms. The van der Waals surface area contributed by atoms with Gasteiger partial charge in [0.1, 0.15) is 5.75 Å². The molecule has 6 nitrogen and oxygen atoms in total. The van der Waals surface area contributed by atoms with E-state index in [0.717, 1.165) is 24.3 Å². The lowest BCUT2D eigenvalue weighted by atomic mass is 9.97. The molecule has 1 aromatic carbocycles. The van der Waals surface area contributed by atoms with Crippen LogP contribution in [0.2, 0.25) is 0 Å². The summed E-state index contributed by atoms with van der Waals surface area (Å²) in [4.78, 5) is 15.9. The van der Waals surface area contributed by atoms with Crippen molar-refractivity contribution < 1.29 is 13.9 Å². The number of hydrogen-bond donors (Lipinski definition) is 0. The van der Waals surface area contributed by atoms with Gasteiger partial charge in [0.05, 0.1) is 23.0 Å². The smallest absolute Gasteiger partial charge is 0.257 e. The molecule has 140 valence electrons. The van der Waals surface area contributed by atoms with Gasteiger partial charge in [0.15, 0.2) is 0 Å². The van der Waals surface area contributed by atoms with Crippen LogP contribution in [0.15, 0.2) is 46.2 Å². The van der Waals surface area contributed by atoms with Gasteiger partial charge in [-0.2, -0.15) is 0 Å². The highest BCUT2D eigenvalue weighted by molar-refractivity contribution is 7.13. The summed E-state index contributed by atoms with van der Waals surface area (Å²) >= 11 is 1.57. The lowest BCUT2D eigenvalue weighted by molar-refractivity contribution is 0.0694. The molecule has 1 aliphatic heterocycles. The van der Waals surface area contributed by atoms with Crippen molar-refractivity contribution in [1.29, 1.82) is 0 Å². The Labute approximate surface area is 161 Å². The highest BCUT2D eigenvalue weighted by atomic mass is 32.1. The zero-order valence-electron chi connectivity index (χ0n) is 15.1. The number of thiophene rings is 1. The minimum absolute atomic E-state index is 0.0123. The van der Waals surface area contributed by atoms with Crippen LogP contribution in [-0.4, -0.2) is 40.7 Å². The van der Waals surface area contributed by atoms with Crippen LogP contribution < -0.4 is 4.74 Å². The number of likely N-dealkylation sites (tertiary alicyclic amines) is 1. The first-order chi connectivity index (χ1) is 13.3. The molecular formula is C20H21N3O3S. The molecule has 2 aromatic heterocycles. The van der Waals surface area contributed by atoms with Crippen LogP contribution in [0.25, 0.3) is 10.8 Å². The van der Waals surface area contributed by atoms with E-state index < -0.39 is 0 Å². The summed E-state index contributed by atoms with van der Waals surface area (Å²) in [6.07, 6.45) is 1.84. The fraction of sp³-hybridized carbons (Fsp3) is 0.350. The first kappa shape index (κ1) is 17.7. The molecule has 1 saturated heterocycles. The molecule has 0 N–H and O–H groups in total. The monoisotopic (exact) mass is 383 g/mol. The minimum Gasteiger partial charge on any atom is -0.493 e. The van der Waals surface area contributed by atoms with Gasteiger partial charge in [0, 0.05) is 13.1 Å². The number of piperidine rings is 1. The standard InChI is InChI=1S/C20H21N3O3S/c1-2-25-16-9-4-3-8-15(16)20(24)23-11-5-7-14(13-23)18-21-22-19(26-18)17-10-6-12-27-17/h3-4,6,8-10,12,14H,2,5,7,11,13H2,1H3. The molecule has 7 heteroatoms. The molecule has 0 radical (unpaired) electrons. The molecule has 0 saturated carbocycles. The summed E-state index contributed by atoms with van der Waals surface area (Å²) < 4.78 is 11.5. The number of amides is 1. The number of carbonyl (C=O) groups is 1. The number of nitrogens with zero attached hydrogens (tertiary/aromatic N) is 3. The fourth-order valence-electron chi connectivity index (χ4n) is 3.36. The molecule has 3 aromatic rings. The summed E-state index contributed by atoms with van der Waals surface area (Å²) in [6.45, 7) is 3.74. The van der Waals surface area contributed by atoms with Crippen LogP contribution in [0.1, 0.15) is 41.9 Å². The number of para-hydroxylation sites is 1. The Morgan fingerprint density at radius 1 is 1.30 bits per heavy atom. The van der Waals surface area contributed by atoms with Crippen LogP contribution in [0.5, 0.6) is 5.75 Å². The molecule has 1 amide bonds. The maximum absolute atomic E-state index is 13.0. The second-order valence-electron chi connectivity index (χ2n) is 6.44. The maximum atomic E-state index is 13.0. The Balaban J connectivity index is 1.51. The zero-order valence-corrected chi connectivity index (χ0v) is 15.9. The first-order valence-electron chi connectivity index (χ1n) is 9.14. The summed E-state index contributed by atoms with van der Waals surface area (Å²) in [5, 5.41) is 10.4. The second-order valence-corrected chi connectivity index (χ2v) is 7.39. The predicted octanol–water partition coefficient (Wildman–Crippen LogP) is 4.22. The third kappa shape index (κ3) is 3.73. The van der Waals surface area contributed by atoms with Crippen LogP contribution in [-0.2, 0) is 0 Å². The quantitative estimate of drug-likeness (QED) is 0.660. The van der Waals surface area contributed by atoms with E-state index in [9.17, 15) is 4.79 Å². The van der Waals surface area contributed by atoms with E-state index in [0.29, 0.717) is 36.2 Å². The average molecular weight is 383 g/mol. The topological polar surface area (TPSA) is 68.5 Å². The van der Waals surface area contributed by atoms with Crippen molar-refractivity contribution in [2.24, 2.45) is 0 Å². The summed E-state index contributed by atoms with van der Waals surface area (Å²) in [5.41, 5.74) is 0.602. The van der Waals surface area contributed by atoms with E-state index in [4.69, 9.17) is 9.15 Å². The van der Waals surface area contributed by atoms with E-state index in [1.54, 1.807) is 11.3 Å². The lowest BCUT2D eigenvalue weighted by Gasteiger charge is -2.31. The number of rotatable bonds is 5. The van der Waals surface area contributed by atoms with Crippen molar-refractivity contribution in [3.63, 3.8) is 0 Å². The highest BCUT2D eigenvalue weighted by Gasteiger charge is 2.30. The van der Waals surface area contributed by atoms with Gasteiger partial charge in [-0.15, -0.1) is 21.5 Å². The van der Waals surface area contributed by atoms with Crippen molar-refractivity contribution in [2.75, 3.05) is 19.7 Å². The van der Waals surface area contributed by atoms with E-state index in [2.05, 4.69) is 10.2 Å². The fourth-order valence-corrected chi connectivity index (χ4v) is 4.00. The normalized spacial score (nSPS) is 17.1. The van der Waals surface area contributed by atoms with Gasteiger partial charge in [-0.3, -0.25) is 4.79 Å². The molecular weight excluding hydrogens is 362 g/mol. The van der Waals surface area contributed by atoms with E-state index in [-0.39, 0.29) is 11.8 Å². The first-order valence-corrected chi connectivity index (χ1v) is 10.0. The van der Waals surface area contributed by atoms with Crippen molar-refractivity contribution in [2.45, 2.75) is 25.7 Å². The Kier molecular flexibility index (Phi) is 5.20. The molecule has 1 atom stereocenters. The van der Waals surface area contributed by atoms with E-state index >= 15 is 0 Å². The SMILES string of the molecule is CCOc1ccccc1C(=O)N1CCCC(c2nnc(-c3cccs3)o2)C1. The third-order valence-corrected chi connectivity index (χ3v) is 5.51. The largest absolute Gasteiger partial charge is 0.493 e. The van der Waals surface area contributed by atoms with Gasteiger partial charge >= 0.3 is 0 Å². The highest BCUT2D eigenvalue weighted by Crippen LogP contribution is 2.31. The van der Waals surface area contributed by atoms with Gasteiger partial charge in [-0.1, -0.05) is 18.2 Å². The minimum atomic E-state index is -0.0123. The van der Waals surface area contributed by atoms with E-state index in [1.807, 2.05) is 53.6 Å². The van der Waals surface area contributed by atoms with Crippen LogP contribution >= 0.6 is 11.3 Å². The van der Waals surface area contributed by atoms with Crippen molar-refractivity contribution >= 4 is 17.2 Å². The summed E-state index contributed by atoms with van der Waals surface area (Å²) in [6, 6.07) is 11.3. The summed E-state index contributed by atoms with van der Waals surface area (Å²) in [5.74, 6) is 1.83. The predicted molar refractivity (Wildman–Crippen MR) is 103 cm³/mol. The molecule has 0 bridgehead atoms. The third-order valence-electron chi connectivity index (χ3n) is 4.65. The number of aromatic nitrogens is 2. The number of benzene rings is 1. The Hall–Kier alpha value is -2.67. The molecule has 0 aliphatic carbocycles. The van der Waals surface area contributed by atoms with Gasteiger partial charge in [0.25, 0.3) is 11.8 Å². The average Bonchev–Trinajstić information content (AvgIpc) is 3.40. The zero-order chi connectivity index (χ0) is 18.6. The van der Waals surface area contributed by atoms with Crippen molar-refractivity contribution in [3.8, 4) is 16.5 Å². The van der Waals surface area contributed by atoms with E-state index in [1.165, 1.54) is 0 Å². The molecule has 1 unspecified atom stereocenters. The van der Waals surface area contributed by atoms with Crippen LogP contribution in [0.3, 0.4) is 0 Å². The van der Waals surface area contributed by atoms with Gasteiger partial charge in [-0.25, -0.2) is 0 Å². The van der Waals surface area contributed by atoms with Gasteiger partial charge < -0.3 is 14.1 Å². The van der Waals surface area contributed by atoms with Crippen molar-refractivity contribution in [3.05, 3.63) is 53.2 Å². The molecule has 0 spiro atoms. The van der Waals surface area contributed by atoms with Crippen molar-refractivity contribution in [1.82, 2.24) is 15.1 Å². The molecule has 3 heterocycles. The van der Waals surface area contributed by atoms with Crippen LogP contribution in [0, 0.1) is 0 Å².